The van der Waals surface area contributed by atoms with Gasteiger partial charge in [0.2, 0.25) is 0 Å². The Balaban J connectivity index is 1.39. The van der Waals surface area contributed by atoms with E-state index in [0.29, 0.717) is 55.1 Å². The molecule has 4 rings (SSSR count). The number of piperazine rings is 1. The zero-order valence-electron chi connectivity index (χ0n) is 20.6. The molecule has 1 amide bonds. The van der Waals surface area contributed by atoms with Gasteiger partial charge >= 0.3 is 0 Å². The van der Waals surface area contributed by atoms with E-state index in [1.54, 1.807) is 78.7 Å². The number of fused-ring (bicyclic) bond motifs is 1. The largest absolute Gasteiger partial charge is 0.336 e. The molecule has 2 aromatic carbocycles. The Bertz CT molecular complexity index is 1450. The van der Waals surface area contributed by atoms with Crippen molar-refractivity contribution in [3.05, 3.63) is 103 Å². The number of carbonyl (C=O) groups is 1. The highest BCUT2D eigenvalue weighted by atomic mass is 32.2. The maximum absolute atomic E-state index is 14.1. The molecule has 37 heavy (non-hydrogen) atoms. The summed E-state index contributed by atoms with van der Waals surface area (Å²) in [5.41, 5.74) is 1.77. The van der Waals surface area contributed by atoms with Crippen LogP contribution in [0.2, 0.25) is 0 Å². The number of rotatable bonds is 8. The molecule has 0 spiro atoms. The molecule has 1 N–H and O–H groups in total. The maximum atomic E-state index is 14.1. The van der Waals surface area contributed by atoms with Crippen LogP contribution in [-0.2, 0) is 10.0 Å². The van der Waals surface area contributed by atoms with Crippen LogP contribution < -0.4 is 4.72 Å². The van der Waals surface area contributed by atoms with Gasteiger partial charge < -0.3 is 4.90 Å². The minimum Gasteiger partial charge on any atom is -0.336 e. The number of pyridine rings is 1. The van der Waals surface area contributed by atoms with Gasteiger partial charge in [-0.1, -0.05) is 43.0 Å². The minimum absolute atomic E-state index is 0.0871. The molecule has 0 aliphatic carbocycles. The topological polar surface area (TPSA) is 82.6 Å². The number of anilines is 1. The number of para-hydroxylation sites is 1. The minimum atomic E-state index is -3.88. The van der Waals surface area contributed by atoms with Crippen LogP contribution in [-0.4, -0.2) is 61.8 Å². The average Bonchev–Trinajstić information content (AvgIpc) is 2.92. The Labute approximate surface area is 216 Å². The number of benzene rings is 2. The van der Waals surface area contributed by atoms with E-state index in [0.717, 1.165) is 5.39 Å². The standard InChI is InChI=1S/C28H29FN4O3S/c1-3-7-23(25(29)4-2)20-32-16-18-33(19-17-32)28(34)22-11-13-24(14-12-22)31-37(35,36)26-10-5-8-21-9-6-15-30-27(21)26/h3-15,31H,1,16-20H2,2H3/b23-7-,25-4+. The molecule has 1 saturated heterocycles. The van der Waals surface area contributed by atoms with Crippen molar-refractivity contribution in [2.75, 3.05) is 37.4 Å². The number of carbonyl (C=O) groups excluding carboxylic acids is 1. The Morgan fingerprint density at radius 3 is 2.46 bits per heavy atom. The lowest BCUT2D eigenvalue weighted by atomic mass is 10.1. The Kier molecular flexibility index (Phi) is 8.15. The summed E-state index contributed by atoms with van der Waals surface area (Å²) in [5, 5.41) is 0.728. The molecule has 192 valence electrons. The van der Waals surface area contributed by atoms with Gasteiger partial charge in [-0.2, -0.15) is 0 Å². The van der Waals surface area contributed by atoms with Crippen LogP contribution in [0.4, 0.5) is 10.1 Å². The summed E-state index contributed by atoms with van der Waals surface area (Å²) in [6, 6.07) is 14.9. The van der Waals surface area contributed by atoms with E-state index in [1.807, 2.05) is 0 Å². The van der Waals surface area contributed by atoms with E-state index < -0.39 is 10.0 Å². The molecule has 1 aromatic heterocycles. The molecule has 3 aromatic rings. The third kappa shape index (κ3) is 6.12. The van der Waals surface area contributed by atoms with Crippen molar-refractivity contribution < 1.29 is 17.6 Å². The third-order valence-electron chi connectivity index (χ3n) is 6.20. The fourth-order valence-electron chi connectivity index (χ4n) is 4.25. The SMILES string of the molecule is C=C/C=C(CN1CCN(C(=O)c2ccc(NS(=O)(=O)c3cccc4cccnc34)cc2)CC1)\C(F)=C/C. The van der Waals surface area contributed by atoms with Crippen molar-refractivity contribution in [3.8, 4) is 0 Å². The van der Waals surface area contributed by atoms with Gasteiger partial charge in [0.25, 0.3) is 15.9 Å². The van der Waals surface area contributed by atoms with Gasteiger partial charge in [0, 0.05) is 61.1 Å². The molecule has 0 unspecified atom stereocenters. The second kappa shape index (κ2) is 11.5. The number of allylic oxidation sites excluding steroid dienone is 3. The lowest BCUT2D eigenvalue weighted by Gasteiger charge is -2.35. The lowest BCUT2D eigenvalue weighted by molar-refractivity contribution is 0.0647. The number of sulfonamides is 1. The number of nitrogens with one attached hydrogen (secondary N) is 1. The molecule has 9 heteroatoms. The first-order valence-electron chi connectivity index (χ1n) is 11.9. The average molecular weight is 521 g/mol. The van der Waals surface area contributed by atoms with Crippen molar-refractivity contribution in [1.82, 2.24) is 14.8 Å². The summed E-state index contributed by atoms with van der Waals surface area (Å²) in [5.74, 6) is -0.403. The van der Waals surface area contributed by atoms with Crippen LogP contribution in [0, 0.1) is 0 Å². The van der Waals surface area contributed by atoms with Gasteiger partial charge in [-0.25, -0.2) is 12.8 Å². The lowest BCUT2D eigenvalue weighted by Crippen LogP contribution is -2.49. The second-order valence-electron chi connectivity index (χ2n) is 8.65. The Morgan fingerprint density at radius 1 is 1.08 bits per heavy atom. The monoisotopic (exact) mass is 520 g/mol. The zero-order chi connectivity index (χ0) is 26.4. The number of halogens is 1. The van der Waals surface area contributed by atoms with Crippen LogP contribution in [0.25, 0.3) is 10.9 Å². The quantitative estimate of drug-likeness (QED) is 0.433. The van der Waals surface area contributed by atoms with E-state index in [2.05, 4.69) is 21.2 Å². The van der Waals surface area contributed by atoms with Crippen molar-refractivity contribution in [3.63, 3.8) is 0 Å². The van der Waals surface area contributed by atoms with Crippen LogP contribution >= 0.6 is 0 Å². The van der Waals surface area contributed by atoms with Crippen LogP contribution in [0.5, 0.6) is 0 Å². The smallest absolute Gasteiger partial charge is 0.264 e. The fraction of sp³-hybridized carbons (Fsp3) is 0.214. The van der Waals surface area contributed by atoms with Crippen molar-refractivity contribution >= 4 is 32.5 Å². The molecule has 7 nitrogen and oxygen atoms in total. The maximum Gasteiger partial charge on any atom is 0.264 e. The summed E-state index contributed by atoms with van der Waals surface area (Å²) in [6.07, 6.45) is 6.22. The van der Waals surface area contributed by atoms with Crippen molar-refractivity contribution in [2.45, 2.75) is 11.8 Å². The van der Waals surface area contributed by atoms with E-state index in [9.17, 15) is 17.6 Å². The van der Waals surface area contributed by atoms with Crippen LogP contribution in [0.1, 0.15) is 17.3 Å². The molecule has 1 aliphatic heterocycles. The molecule has 0 radical (unpaired) electrons. The Morgan fingerprint density at radius 2 is 1.78 bits per heavy atom. The van der Waals surface area contributed by atoms with Crippen LogP contribution in [0.15, 0.2) is 102 Å². The number of amides is 1. The van der Waals surface area contributed by atoms with E-state index >= 15 is 0 Å². The van der Waals surface area contributed by atoms with Gasteiger partial charge in [0.05, 0.1) is 5.52 Å². The number of aromatic nitrogens is 1. The predicted octanol–water partition coefficient (Wildman–Crippen LogP) is 4.78. The summed E-state index contributed by atoms with van der Waals surface area (Å²) in [7, 11) is -3.88. The van der Waals surface area contributed by atoms with Crippen molar-refractivity contribution in [1.29, 1.82) is 0 Å². The van der Waals surface area contributed by atoms with Gasteiger partial charge in [-0.05, 0) is 43.3 Å². The van der Waals surface area contributed by atoms with Gasteiger partial charge in [0.15, 0.2) is 0 Å². The van der Waals surface area contributed by atoms with E-state index in [4.69, 9.17) is 0 Å². The molecular weight excluding hydrogens is 491 g/mol. The second-order valence-corrected chi connectivity index (χ2v) is 10.3. The molecule has 0 bridgehead atoms. The van der Waals surface area contributed by atoms with Gasteiger partial charge in [0.1, 0.15) is 10.7 Å². The van der Waals surface area contributed by atoms with Crippen molar-refractivity contribution in [2.24, 2.45) is 0 Å². The number of nitrogens with zero attached hydrogens (tertiary/aromatic N) is 3. The highest BCUT2D eigenvalue weighted by Crippen LogP contribution is 2.24. The molecular formula is C28H29FN4O3S. The third-order valence-corrected chi connectivity index (χ3v) is 7.61. The normalized spacial score (nSPS) is 15.6. The number of hydrogen-bond acceptors (Lipinski definition) is 5. The first-order chi connectivity index (χ1) is 17.8. The molecule has 0 saturated carbocycles. The Hall–Kier alpha value is -3.82. The van der Waals surface area contributed by atoms with Gasteiger partial charge in [-0.3, -0.25) is 19.4 Å². The highest BCUT2D eigenvalue weighted by Gasteiger charge is 2.24. The van der Waals surface area contributed by atoms with E-state index in [1.165, 1.54) is 12.1 Å². The van der Waals surface area contributed by atoms with Crippen LogP contribution in [0.3, 0.4) is 0 Å². The summed E-state index contributed by atoms with van der Waals surface area (Å²) in [6.45, 7) is 8.02. The predicted molar refractivity (Wildman–Crippen MR) is 144 cm³/mol. The summed E-state index contributed by atoms with van der Waals surface area (Å²) >= 11 is 0. The fourth-order valence-corrected chi connectivity index (χ4v) is 5.49. The number of hydrogen-bond donors (Lipinski definition) is 1. The molecule has 1 aliphatic rings. The molecule has 0 atom stereocenters. The first-order valence-corrected chi connectivity index (χ1v) is 13.4. The van der Waals surface area contributed by atoms with E-state index in [-0.39, 0.29) is 16.6 Å². The highest BCUT2D eigenvalue weighted by molar-refractivity contribution is 7.93. The molecule has 2 heterocycles. The summed E-state index contributed by atoms with van der Waals surface area (Å²) in [4.78, 5) is 21.2. The van der Waals surface area contributed by atoms with Gasteiger partial charge in [-0.15, -0.1) is 0 Å². The summed E-state index contributed by atoms with van der Waals surface area (Å²) < 4.78 is 42.7. The first kappa shape index (κ1) is 26.2. The molecule has 1 fully saturated rings. The zero-order valence-corrected chi connectivity index (χ0v) is 21.4.